The van der Waals surface area contributed by atoms with Crippen LogP contribution in [0.1, 0.15) is 46.3 Å². The van der Waals surface area contributed by atoms with Gasteiger partial charge in [-0.2, -0.15) is 0 Å². The van der Waals surface area contributed by atoms with Crippen LogP contribution in [0, 0.1) is 18.8 Å². The number of carbonyl (C=O) groups excluding carboxylic acids is 3. The van der Waals surface area contributed by atoms with Gasteiger partial charge in [-0.15, -0.1) is 0 Å². The first kappa shape index (κ1) is 23.0. The number of likely N-dealkylation sites (tertiary alicyclic amines) is 1. The number of hydrogen-bond acceptors (Lipinski definition) is 7. The molecule has 0 aliphatic carbocycles. The Hall–Kier alpha value is -2.72. The van der Waals surface area contributed by atoms with E-state index in [4.69, 9.17) is 14.0 Å². The molecule has 1 aromatic rings. The van der Waals surface area contributed by atoms with Crippen molar-refractivity contribution in [3.05, 3.63) is 24.0 Å². The lowest BCUT2D eigenvalue weighted by Gasteiger charge is -2.35. The van der Waals surface area contributed by atoms with Crippen LogP contribution in [0.5, 0.6) is 0 Å². The second-order valence-electron chi connectivity index (χ2n) is 11.0. The number of rotatable bonds is 5. The maximum absolute atomic E-state index is 13.9. The highest BCUT2D eigenvalue weighted by molar-refractivity contribution is 6.03. The summed E-state index contributed by atoms with van der Waals surface area (Å²) < 4.78 is 17.3. The largest absolute Gasteiger partial charge is 0.376 e. The highest BCUT2D eigenvalue weighted by Gasteiger charge is 2.76. The summed E-state index contributed by atoms with van der Waals surface area (Å²) in [4.78, 5) is 42.5. The van der Waals surface area contributed by atoms with Gasteiger partial charge in [-0.1, -0.05) is 17.3 Å². The maximum Gasteiger partial charge on any atom is 0.246 e. The standard InChI is InChI=1S/C24H32N4O6/c1-13-11-15(27-33-13)25-19(29)16-17-21(31)28(12-14-7-6-10-32-14)18(20(30)26-22(2,3)4)24(17)9-8-23(16,5)34-24/h8-9,11,14,16-18H,6-7,10,12H2,1-5H3,(H,26,30)(H,25,27,29). The van der Waals surface area contributed by atoms with Gasteiger partial charge in [0.05, 0.1) is 23.5 Å². The number of amides is 3. The SMILES string of the molecule is Cc1cc(NC(=O)C2C3C(=O)N(CC4CCCO4)C(C(=O)NC(C)(C)C)C34C=CC2(C)O4)no1. The highest BCUT2D eigenvalue weighted by Crippen LogP contribution is 2.59. The van der Waals surface area contributed by atoms with Gasteiger partial charge in [-0.25, -0.2) is 0 Å². The summed E-state index contributed by atoms with van der Waals surface area (Å²) in [5.41, 5.74) is -2.77. The van der Waals surface area contributed by atoms with Gasteiger partial charge in [-0.3, -0.25) is 14.4 Å². The molecular weight excluding hydrogens is 440 g/mol. The summed E-state index contributed by atoms with van der Waals surface area (Å²) in [7, 11) is 0. The maximum atomic E-state index is 13.9. The minimum Gasteiger partial charge on any atom is -0.376 e. The molecule has 0 saturated carbocycles. The first-order valence-electron chi connectivity index (χ1n) is 11.8. The molecule has 3 saturated heterocycles. The summed E-state index contributed by atoms with van der Waals surface area (Å²) in [6.45, 7) is 10.1. The van der Waals surface area contributed by atoms with Crippen LogP contribution in [0.15, 0.2) is 22.7 Å². The van der Waals surface area contributed by atoms with Crippen LogP contribution in [0.2, 0.25) is 0 Å². The number of ether oxygens (including phenoxy) is 2. The summed E-state index contributed by atoms with van der Waals surface area (Å²) in [6.07, 6.45) is 5.20. The predicted molar refractivity (Wildman–Crippen MR) is 121 cm³/mol. The Morgan fingerprint density at radius 1 is 1.26 bits per heavy atom. The molecule has 1 spiro atoms. The molecule has 6 atom stereocenters. The molecule has 0 aromatic carbocycles. The van der Waals surface area contributed by atoms with Crippen molar-refractivity contribution in [2.45, 2.75) is 76.3 Å². The zero-order valence-electron chi connectivity index (χ0n) is 20.2. The summed E-state index contributed by atoms with van der Waals surface area (Å²) in [5.74, 6) is -1.81. The number of anilines is 1. The molecule has 5 heterocycles. The highest BCUT2D eigenvalue weighted by atomic mass is 16.5. The Morgan fingerprint density at radius 3 is 2.65 bits per heavy atom. The first-order chi connectivity index (χ1) is 15.9. The van der Waals surface area contributed by atoms with Crippen molar-refractivity contribution >= 4 is 23.5 Å². The van der Waals surface area contributed by atoms with Crippen LogP contribution in [0.4, 0.5) is 5.82 Å². The average Bonchev–Trinajstić information content (AvgIpc) is 3.50. The second-order valence-corrected chi connectivity index (χ2v) is 11.0. The number of aryl methyl sites for hydroxylation is 1. The van der Waals surface area contributed by atoms with Gasteiger partial charge in [0, 0.05) is 24.8 Å². The van der Waals surface area contributed by atoms with E-state index in [1.165, 1.54) is 0 Å². The van der Waals surface area contributed by atoms with Crippen molar-refractivity contribution < 1.29 is 28.4 Å². The second kappa shape index (κ2) is 7.64. The average molecular weight is 473 g/mol. The molecule has 4 aliphatic rings. The zero-order valence-corrected chi connectivity index (χ0v) is 20.2. The number of fused-ring (bicyclic) bond motifs is 1. The van der Waals surface area contributed by atoms with E-state index in [1.807, 2.05) is 32.9 Å². The number of hydrogen-bond donors (Lipinski definition) is 2. The predicted octanol–water partition coefficient (Wildman–Crippen LogP) is 1.56. The summed E-state index contributed by atoms with van der Waals surface area (Å²) in [6, 6.07) is 0.707. The van der Waals surface area contributed by atoms with E-state index < -0.39 is 40.5 Å². The van der Waals surface area contributed by atoms with Crippen molar-refractivity contribution in [3.63, 3.8) is 0 Å². The number of aromatic nitrogens is 1. The van der Waals surface area contributed by atoms with Gasteiger partial charge in [0.25, 0.3) is 0 Å². The molecule has 5 rings (SSSR count). The molecule has 3 fully saturated rings. The van der Waals surface area contributed by atoms with E-state index in [2.05, 4.69) is 15.8 Å². The molecule has 184 valence electrons. The van der Waals surface area contributed by atoms with Crippen LogP contribution < -0.4 is 10.6 Å². The van der Waals surface area contributed by atoms with Gasteiger partial charge < -0.3 is 29.5 Å². The minimum absolute atomic E-state index is 0.147. The van der Waals surface area contributed by atoms with Crippen molar-refractivity contribution in [3.8, 4) is 0 Å². The summed E-state index contributed by atoms with van der Waals surface area (Å²) in [5, 5.41) is 9.62. The van der Waals surface area contributed by atoms with Crippen molar-refractivity contribution in [2.75, 3.05) is 18.5 Å². The third kappa shape index (κ3) is 3.54. The number of nitrogens with zero attached hydrogens (tertiary/aromatic N) is 2. The van der Waals surface area contributed by atoms with E-state index in [0.29, 0.717) is 12.4 Å². The van der Waals surface area contributed by atoms with Crippen LogP contribution in [-0.4, -0.2) is 69.8 Å². The summed E-state index contributed by atoms with van der Waals surface area (Å²) >= 11 is 0. The molecule has 0 radical (unpaired) electrons. The normalized spacial score (nSPS) is 36.3. The lowest BCUT2D eigenvalue weighted by Crippen LogP contribution is -2.58. The fourth-order valence-electron chi connectivity index (χ4n) is 5.90. The molecule has 2 bridgehead atoms. The third-order valence-electron chi connectivity index (χ3n) is 7.13. The molecule has 2 N–H and O–H groups in total. The van der Waals surface area contributed by atoms with Crippen LogP contribution in [0.25, 0.3) is 0 Å². The fourth-order valence-corrected chi connectivity index (χ4v) is 5.90. The lowest BCUT2D eigenvalue weighted by molar-refractivity contribution is -0.146. The molecule has 6 unspecified atom stereocenters. The Labute approximate surface area is 198 Å². The van der Waals surface area contributed by atoms with E-state index in [1.54, 1.807) is 24.8 Å². The van der Waals surface area contributed by atoms with Gasteiger partial charge in [0.1, 0.15) is 17.4 Å². The quantitative estimate of drug-likeness (QED) is 0.624. The van der Waals surface area contributed by atoms with Gasteiger partial charge in [0.2, 0.25) is 17.7 Å². The van der Waals surface area contributed by atoms with Crippen molar-refractivity contribution in [1.82, 2.24) is 15.4 Å². The molecule has 10 heteroatoms. The van der Waals surface area contributed by atoms with Crippen LogP contribution in [-0.2, 0) is 23.9 Å². The smallest absolute Gasteiger partial charge is 0.246 e. The molecule has 10 nitrogen and oxygen atoms in total. The lowest BCUT2D eigenvalue weighted by atomic mass is 9.70. The molecule has 3 amide bonds. The number of nitrogens with one attached hydrogen (secondary N) is 2. The molecule has 34 heavy (non-hydrogen) atoms. The Morgan fingerprint density at radius 2 is 2.03 bits per heavy atom. The number of carbonyl (C=O) groups is 3. The monoisotopic (exact) mass is 472 g/mol. The van der Waals surface area contributed by atoms with E-state index >= 15 is 0 Å². The Kier molecular flexibility index (Phi) is 5.18. The fraction of sp³-hybridized carbons (Fsp3) is 0.667. The topological polar surface area (TPSA) is 123 Å². The van der Waals surface area contributed by atoms with Gasteiger partial charge in [-0.05, 0) is 47.5 Å². The van der Waals surface area contributed by atoms with E-state index in [-0.39, 0.29) is 30.3 Å². The van der Waals surface area contributed by atoms with Crippen molar-refractivity contribution in [2.24, 2.45) is 11.8 Å². The molecule has 1 aromatic heterocycles. The Bertz CT molecular complexity index is 1050. The van der Waals surface area contributed by atoms with Gasteiger partial charge in [0.15, 0.2) is 5.82 Å². The molecular formula is C24H32N4O6. The van der Waals surface area contributed by atoms with Gasteiger partial charge >= 0.3 is 0 Å². The third-order valence-corrected chi connectivity index (χ3v) is 7.13. The Balaban J connectivity index is 1.51. The van der Waals surface area contributed by atoms with Crippen molar-refractivity contribution in [1.29, 1.82) is 0 Å². The van der Waals surface area contributed by atoms with Crippen LogP contribution in [0.3, 0.4) is 0 Å². The molecule has 4 aliphatic heterocycles. The minimum atomic E-state index is -1.23. The van der Waals surface area contributed by atoms with E-state index in [9.17, 15) is 14.4 Å². The van der Waals surface area contributed by atoms with E-state index in [0.717, 1.165) is 12.8 Å². The van der Waals surface area contributed by atoms with Crippen LogP contribution >= 0.6 is 0 Å². The zero-order chi connectivity index (χ0) is 24.5. The first-order valence-corrected chi connectivity index (χ1v) is 11.8.